The molecule has 0 radical (unpaired) electrons. The van der Waals surface area contributed by atoms with Crippen molar-refractivity contribution in [3.8, 4) is 0 Å². The molecule has 0 aromatic heterocycles. The van der Waals surface area contributed by atoms with Crippen molar-refractivity contribution in [2.75, 3.05) is 0 Å². The van der Waals surface area contributed by atoms with Crippen molar-refractivity contribution in [2.24, 2.45) is 0 Å². The van der Waals surface area contributed by atoms with Gasteiger partial charge in [0.2, 0.25) is 0 Å². The molecule has 100 valence electrons. The van der Waals surface area contributed by atoms with Gasteiger partial charge in [-0.05, 0) is 24.1 Å². The molecule has 0 bridgehead atoms. The molecule has 0 unspecified atom stereocenters. The van der Waals surface area contributed by atoms with Crippen LogP contribution in [0, 0.1) is 0 Å². The van der Waals surface area contributed by atoms with E-state index in [0.29, 0.717) is 18.2 Å². The monoisotopic (exact) mass is 268 g/mol. The number of aryl methyl sites for hydroxylation is 1. The van der Waals surface area contributed by atoms with Crippen molar-refractivity contribution in [3.63, 3.8) is 0 Å². The van der Waals surface area contributed by atoms with E-state index in [2.05, 4.69) is 0 Å². The Morgan fingerprint density at radius 3 is 2.33 bits per heavy atom. The Labute approximate surface area is 99.0 Å². The maximum absolute atomic E-state index is 12.6. The van der Waals surface area contributed by atoms with Crippen molar-refractivity contribution in [2.45, 2.75) is 25.4 Å². The lowest BCUT2D eigenvalue weighted by molar-refractivity contribution is -0.137. The molecule has 0 aliphatic rings. The van der Waals surface area contributed by atoms with Crippen molar-refractivity contribution in [3.05, 3.63) is 34.9 Å². The zero-order chi connectivity index (χ0) is 13.9. The third kappa shape index (κ3) is 3.68. The van der Waals surface area contributed by atoms with E-state index in [0.717, 1.165) is 0 Å². The Morgan fingerprint density at radius 2 is 1.89 bits per heavy atom. The van der Waals surface area contributed by atoms with Crippen LogP contribution >= 0.6 is 0 Å². The van der Waals surface area contributed by atoms with Crippen molar-refractivity contribution in [1.82, 2.24) is 0 Å². The van der Waals surface area contributed by atoms with E-state index in [9.17, 15) is 26.7 Å². The van der Waals surface area contributed by atoms with Gasteiger partial charge in [0.1, 0.15) is 0 Å². The van der Waals surface area contributed by atoms with Gasteiger partial charge >= 0.3 is 12.1 Å². The molecule has 0 atom stereocenters. The van der Waals surface area contributed by atoms with Gasteiger partial charge in [0.25, 0.3) is 6.43 Å². The van der Waals surface area contributed by atoms with Crippen LogP contribution in [0.3, 0.4) is 0 Å². The van der Waals surface area contributed by atoms with Gasteiger partial charge in [0.15, 0.2) is 0 Å². The SMILES string of the molecule is O=C(O)CCc1cc(C(F)(F)F)ccc1C(F)F. The molecule has 2 nitrogen and oxygen atoms in total. The molecule has 1 N–H and O–H groups in total. The van der Waals surface area contributed by atoms with Crippen LogP contribution in [-0.2, 0) is 17.4 Å². The number of carboxylic acids is 1. The molecule has 7 heteroatoms. The van der Waals surface area contributed by atoms with Gasteiger partial charge in [0.05, 0.1) is 5.56 Å². The van der Waals surface area contributed by atoms with E-state index in [-0.39, 0.29) is 12.0 Å². The molecule has 1 aromatic rings. The highest BCUT2D eigenvalue weighted by molar-refractivity contribution is 5.67. The lowest BCUT2D eigenvalue weighted by atomic mass is 10.00. The van der Waals surface area contributed by atoms with Gasteiger partial charge in [-0.1, -0.05) is 6.07 Å². The molecule has 0 saturated carbocycles. The molecule has 0 saturated heterocycles. The zero-order valence-electron chi connectivity index (χ0n) is 8.97. The van der Waals surface area contributed by atoms with E-state index >= 15 is 0 Å². The standard InChI is InChI=1S/C11H9F5O2/c12-10(13)8-3-2-7(11(14,15)16)5-6(8)1-4-9(17)18/h2-3,5,10H,1,4H2,(H,17,18). The fourth-order valence-electron chi connectivity index (χ4n) is 1.45. The second kappa shape index (κ2) is 5.32. The van der Waals surface area contributed by atoms with E-state index in [1.54, 1.807) is 0 Å². The summed E-state index contributed by atoms with van der Waals surface area (Å²) in [6, 6.07) is 1.82. The summed E-state index contributed by atoms with van der Waals surface area (Å²) < 4.78 is 62.3. The number of hydrogen-bond acceptors (Lipinski definition) is 1. The molecular formula is C11H9F5O2. The molecular weight excluding hydrogens is 259 g/mol. The number of halogens is 5. The quantitative estimate of drug-likeness (QED) is 0.846. The Morgan fingerprint density at radius 1 is 1.28 bits per heavy atom. The molecule has 0 fully saturated rings. The summed E-state index contributed by atoms with van der Waals surface area (Å²) in [5.74, 6) is -1.26. The van der Waals surface area contributed by atoms with Crippen LogP contribution in [0.25, 0.3) is 0 Å². The van der Waals surface area contributed by atoms with Crippen LogP contribution in [0.5, 0.6) is 0 Å². The van der Waals surface area contributed by atoms with E-state index < -0.39 is 36.1 Å². The smallest absolute Gasteiger partial charge is 0.416 e. The average molecular weight is 268 g/mol. The lowest BCUT2D eigenvalue weighted by Gasteiger charge is -2.12. The van der Waals surface area contributed by atoms with Gasteiger partial charge < -0.3 is 5.11 Å². The first-order valence-corrected chi connectivity index (χ1v) is 4.91. The molecule has 0 amide bonds. The van der Waals surface area contributed by atoms with Crippen LogP contribution in [0.1, 0.15) is 29.5 Å². The minimum absolute atomic E-state index is 0.290. The first-order chi connectivity index (χ1) is 8.21. The predicted octanol–water partition coefficient (Wildman–Crippen LogP) is 3.66. The average Bonchev–Trinajstić information content (AvgIpc) is 2.24. The molecule has 1 rings (SSSR count). The van der Waals surface area contributed by atoms with Gasteiger partial charge in [0, 0.05) is 12.0 Å². The summed E-state index contributed by atoms with van der Waals surface area (Å²) in [5, 5.41) is 8.42. The summed E-state index contributed by atoms with van der Waals surface area (Å²) in [6.45, 7) is 0. The fourth-order valence-corrected chi connectivity index (χ4v) is 1.45. The Hall–Kier alpha value is -1.66. The Bertz CT molecular complexity index is 440. The third-order valence-electron chi connectivity index (χ3n) is 2.31. The number of alkyl halides is 5. The van der Waals surface area contributed by atoms with Gasteiger partial charge in [-0.3, -0.25) is 4.79 Å². The summed E-state index contributed by atoms with van der Waals surface area (Å²) >= 11 is 0. The van der Waals surface area contributed by atoms with Crippen LogP contribution < -0.4 is 0 Å². The summed E-state index contributed by atoms with van der Waals surface area (Å²) in [7, 11) is 0. The molecule has 0 aliphatic heterocycles. The second-order valence-corrected chi connectivity index (χ2v) is 3.61. The van der Waals surface area contributed by atoms with Crippen LogP contribution in [-0.4, -0.2) is 11.1 Å². The highest BCUT2D eigenvalue weighted by atomic mass is 19.4. The molecule has 1 aromatic carbocycles. The first-order valence-electron chi connectivity index (χ1n) is 4.91. The number of aliphatic carboxylic acids is 1. The third-order valence-corrected chi connectivity index (χ3v) is 2.31. The maximum Gasteiger partial charge on any atom is 0.416 e. The number of carboxylic acid groups (broad SMARTS) is 1. The number of hydrogen-bond donors (Lipinski definition) is 1. The van der Waals surface area contributed by atoms with Crippen LogP contribution in [0.4, 0.5) is 22.0 Å². The number of rotatable bonds is 4. The van der Waals surface area contributed by atoms with Gasteiger partial charge in [-0.2, -0.15) is 13.2 Å². The summed E-state index contributed by atoms with van der Waals surface area (Å²) in [5.41, 5.74) is -1.92. The summed E-state index contributed by atoms with van der Waals surface area (Å²) in [4.78, 5) is 10.3. The second-order valence-electron chi connectivity index (χ2n) is 3.61. The fraction of sp³-hybridized carbons (Fsp3) is 0.364. The first kappa shape index (κ1) is 14.4. The minimum atomic E-state index is -4.64. The molecule has 0 aliphatic carbocycles. The molecule has 18 heavy (non-hydrogen) atoms. The lowest BCUT2D eigenvalue weighted by Crippen LogP contribution is -2.08. The van der Waals surface area contributed by atoms with Crippen LogP contribution in [0.15, 0.2) is 18.2 Å². The highest BCUT2D eigenvalue weighted by Crippen LogP contribution is 2.33. The number of carbonyl (C=O) groups is 1. The maximum atomic E-state index is 12.6. The molecule has 0 spiro atoms. The van der Waals surface area contributed by atoms with Crippen molar-refractivity contribution < 1.29 is 31.9 Å². The predicted molar refractivity (Wildman–Crippen MR) is 52.4 cm³/mol. The van der Waals surface area contributed by atoms with E-state index in [4.69, 9.17) is 5.11 Å². The van der Waals surface area contributed by atoms with Crippen LogP contribution in [0.2, 0.25) is 0 Å². The normalized spacial score (nSPS) is 11.9. The molecule has 0 heterocycles. The minimum Gasteiger partial charge on any atom is -0.481 e. The van der Waals surface area contributed by atoms with Gasteiger partial charge in [-0.25, -0.2) is 8.78 Å². The number of benzene rings is 1. The highest BCUT2D eigenvalue weighted by Gasteiger charge is 2.31. The Kier molecular flexibility index (Phi) is 4.26. The zero-order valence-corrected chi connectivity index (χ0v) is 8.97. The Balaban J connectivity index is 3.11. The van der Waals surface area contributed by atoms with Crippen molar-refractivity contribution in [1.29, 1.82) is 0 Å². The largest absolute Gasteiger partial charge is 0.481 e. The van der Waals surface area contributed by atoms with Gasteiger partial charge in [-0.15, -0.1) is 0 Å². The van der Waals surface area contributed by atoms with E-state index in [1.165, 1.54) is 0 Å². The van der Waals surface area contributed by atoms with E-state index in [1.807, 2.05) is 0 Å². The van der Waals surface area contributed by atoms with Crippen molar-refractivity contribution >= 4 is 5.97 Å². The summed E-state index contributed by atoms with van der Waals surface area (Å²) in [6.07, 6.45) is -8.44. The topological polar surface area (TPSA) is 37.3 Å².